The molecule has 3 aromatic rings. The number of aromatic nitrogens is 3. The van der Waals surface area contributed by atoms with Crippen LogP contribution < -0.4 is 5.32 Å². The zero-order chi connectivity index (χ0) is 21.6. The van der Waals surface area contributed by atoms with Crippen LogP contribution >= 0.6 is 24.2 Å². The number of hydrogen-bond acceptors (Lipinski definition) is 6. The lowest BCUT2D eigenvalue weighted by molar-refractivity contribution is 0.0785. The second kappa shape index (κ2) is 11.1. The van der Waals surface area contributed by atoms with Crippen LogP contribution in [0.2, 0.25) is 0 Å². The first kappa shape index (κ1) is 23.8. The van der Waals surface area contributed by atoms with Crippen LogP contribution in [0.1, 0.15) is 33.6 Å². The summed E-state index contributed by atoms with van der Waals surface area (Å²) in [6.07, 6.45) is 8.28. The molecule has 1 N–H and O–H groups in total. The highest BCUT2D eigenvalue weighted by molar-refractivity contribution is 7.98. The van der Waals surface area contributed by atoms with Crippen LogP contribution in [0.4, 0.5) is 0 Å². The lowest BCUT2D eigenvalue weighted by Crippen LogP contribution is -2.35. The molecule has 0 unspecified atom stereocenters. The van der Waals surface area contributed by atoms with Gasteiger partial charge in [-0.25, -0.2) is 9.97 Å². The Bertz CT molecular complexity index is 1090. The molecule has 2 aromatic heterocycles. The minimum Gasteiger partial charge on any atom is -0.337 e. The van der Waals surface area contributed by atoms with E-state index in [2.05, 4.69) is 25.9 Å². The number of imidazole rings is 1. The van der Waals surface area contributed by atoms with Crippen molar-refractivity contribution >= 4 is 30.1 Å². The summed E-state index contributed by atoms with van der Waals surface area (Å²) in [7, 11) is 0. The lowest BCUT2D eigenvalue weighted by atomic mass is 10.1. The Kier molecular flexibility index (Phi) is 8.28. The van der Waals surface area contributed by atoms with Crippen molar-refractivity contribution in [3.05, 3.63) is 77.5 Å². The van der Waals surface area contributed by atoms with E-state index < -0.39 is 0 Å². The highest BCUT2D eigenvalue weighted by Gasteiger charge is 2.28. The van der Waals surface area contributed by atoms with E-state index in [-0.39, 0.29) is 24.4 Å². The van der Waals surface area contributed by atoms with Gasteiger partial charge >= 0.3 is 0 Å². The molecule has 4 rings (SSSR count). The third-order valence-corrected chi connectivity index (χ3v) is 6.19. The molecule has 32 heavy (non-hydrogen) atoms. The van der Waals surface area contributed by atoms with Gasteiger partial charge in [-0.2, -0.15) is 5.26 Å². The number of hydrogen-bond donors (Lipinski definition) is 1. The van der Waals surface area contributed by atoms with E-state index in [1.165, 1.54) is 11.8 Å². The van der Waals surface area contributed by atoms with Gasteiger partial charge in [-0.15, -0.1) is 24.2 Å². The van der Waals surface area contributed by atoms with Crippen LogP contribution in [-0.4, -0.2) is 50.7 Å². The summed E-state index contributed by atoms with van der Waals surface area (Å²) in [6, 6.07) is 13.7. The number of halogens is 1. The van der Waals surface area contributed by atoms with Gasteiger partial charge in [-0.05, 0) is 42.5 Å². The largest absolute Gasteiger partial charge is 0.337 e. The summed E-state index contributed by atoms with van der Waals surface area (Å²) in [6.45, 7) is 2.82. The smallest absolute Gasteiger partial charge is 0.256 e. The van der Waals surface area contributed by atoms with Gasteiger partial charge in [0.25, 0.3) is 5.91 Å². The number of benzene rings is 1. The van der Waals surface area contributed by atoms with Gasteiger partial charge in [-0.3, -0.25) is 4.79 Å². The van der Waals surface area contributed by atoms with E-state index in [1.54, 1.807) is 6.20 Å². The molecule has 1 fully saturated rings. The predicted octanol–water partition coefficient (Wildman–Crippen LogP) is 3.35. The van der Waals surface area contributed by atoms with E-state index in [9.17, 15) is 4.79 Å². The first-order valence-electron chi connectivity index (χ1n) is 10.2. The van der Waals surface area contributed by atoms with Crippen LogP contribution in [-0.2, 0) is 13.1 Å². The molecule has 1 atom stereocenters. The Morgan fingerprint density at radius 3 is 2.88 bits per heavy atom. The number of nitrogens with zero attached hydrogens (tertiary/aromatic N) is 5. The highest BCUT2D eigenvalue weighted by atomic mass is 35.5. The number of rotatable bonds is 7. The summed E-state index contributed by atoms with van der Waals surface area (Å²) >= 11 is 1.50. The molecule has 0 aliphatic carbocycles. The summed E-state index contributed by atoms with van der Waals surface area (Å²) < 4.78 is 2.10. The number of amides is 1. The maximum absolute atomic E-state index is 12.9. The average Bonchev–Trinajstić information content (AvgIpc) is 3.47. The van der Waals surface area contributed by atoms with Gasteiger partial charge in [0, 0.05) is 44.6 Å². The van der Waals surface area contributed by atoms with Gasteiger partial charge in [0.1, 0.15) is 5.03 Å². The molecule has 1 aliphatic rings. The van der Waals surface area contributed by atoms with Crippen molar-refractivity contribution in [1.82, 2.24) is 24.8 Å². The normalized spacial score (nSPS) is 15.2. The van der Waals surface area contributed by atoms with Crippen LogP contribution in [0.5, 0.6) is 0 Å². The summed E-state index contributed by atoms with van der Waals surface area (Å²) in [5, 5.41) is 13.3. The molecule has 3 heterocycles. The molecular weight excluding hydrogens is 444 g/mol. The number of thioether (sulfide) groups is 1. The van der Waals surface area contributed by atoms with Crippen molar-refractivity contribution in [3.63, 3.8) is 0 Å². The predicted molar refractivity (Wildman–Crippen MR) is 127 cm³/mol. The maximum Gasteiger partial charge on any atom is 0.256 e. The van der Waals surface area contributed by atoms with Crippen molar-refractivity contribution in [2.45, 2.75) is 30.6 Å². The number of carbonyl (C=O) groups is 1. The zero-order valence-corrected chi connectivity index (χ0v) is 19.4. The molecule has 0 bridgehead atoms. The third kappa shape index (κ3) is 5.49. The molecule has 1 aromatic carbocycles. The van der Waals surface area contributed by atoms with Crippen LogP contribution in [0.25, 0.3) is 0 Å². The van der Waals surface area contributed by atoms with Crippen molar-refractivity contribution in [3.8, 4) is 6.07 Å². The third-order valence-electron chi connectivity index (χ3n) is 5.48. The van der Waals surface area contributed by atoms with E-state index in [4.69, 9.17) is 5.26 Å². The zero-order valence-electron chi connectivity index (χ0n) is 17.8. The van der Waals surface area contributed by atoms with Crippen molar-refractivity contribution in [2.75, 3.05) is 19.3 Å². The second-order valence-corrected chi connectivity index (χ2v) is 8.29. The molecule has 1 saturated heterocycles. The molecule has 7 nitrogen and oxygen atoms in total. The summed E-state index contributed by atoms with van der Waals surface area (Å²) in [5.41, 5.74) is 3.55. The highest BCUT2D eigenvalue weighted by Crippen LogP contribution is 2.21. The molecule has 9 heteroatoms. The Labute approximate surface area is 198 Å². The topological polar surface area (TPSA) is 86.8 Å². The van der Waals surface area contributed by atoms with Gasteiger partial charge in [0.2, 0.25) is 0 Å². The van der Waals surface area contributed by atoms with Gasteiger partial charge in [-0.1, -0.05) is 12.1 Å². The van der Waals surface area contributed by atoms with Gasteiger partial charge in [0.15, 0.2) is 0 Å². The van der Waals surface area contributed by atoms with Gasteiger partial charge in [0.05, 0.1) is 29.2 Å². The number of nitrogens with one attached hydrogen (secondary N) is 1. The molecule has 1 aliphatic heterocycles. The SMILES string of the molecule is CSc1ncccc1C(=O)N1CC[C@H](NCc2cncn2Cc2ccc(C#N)cc2)C1.Cl. The Hall–Kier alpha value is -2.86. The number of pyridine rings is 1. The van der Waals surface area contributed by atoms with Crippen LogP contribution in [0, 0.1) is 11.3 Å². The Morgan fingerprint density at radius 1 is 1.31 bits per heavy atom. The van der Waals surface area contributed by atoms with E-state index in [0.29, 0.717) is 30.8 Å². The lowest BCUT2D eigenvalue weighted by Gasteiger charge is -2.18. The maximum atomic E-state index is 12.9. The van der Waals surface area contributed by atoms with Crippen molar-refractivity contribution in [2.24, 2.45) is 0 Å². The Morgan fingerprint density at radius 2 is 2.12 bits per heavy atom. The van der Waals surface area contributed by atoms with Crippen molar-refractivity contribution < 1.29 is 4.79 Å². The summed E-state index contributed by atoms with van der Waals surface area (Å²) in [5.74, 6) is 0.0487. The molecule has 0 spiro atoms. The van der Waals surface area contributed by atoms with E-state index in [0.717, 1.165) is 29.2 Å². The summed E-state index contributed by atoms with van der Waals surface area (Å²) in [4.78, 5) is 23.4. The van der Waals surface area contributed by atoms with E-state index >= 15 is 0 Å². The number of carbonyl (C=O) groups excluding carboxylic acids is 1. The Balaban J connectivity index is 0.00000289. The number of likely N-dealkylation sites (tertiary alicyclic amines) is 1. The average molecular weight is 469 g/mol. The van der Waals surface area contributed by atoms with Gasteiger partial charge < -0.3 is 14.8 Å². The monoisotopic (exact) mass is 468 g/mol. The molecular formula is C23H25ClN6OS. The standard InChI is InChI=1S/C23H24N6OS.ClH/c1-31-22-21(3-2-9-26-22)23(30)28-10-8-19(15-28)27-13-20-12-25-16-29(20)14-18-6-4-17(11-24)5-7-18;/h2-7,9,12,16,19,27H,8,10,13-15H2,1H3;1H/t19-;/m0./s1. The fourth-order valence-electron chi connectivity index (χ4n) is 3.77. The molecule has 166 valence electrons. The van der Waals surface area contributed by atoms with Crippen LogP contribution in [0.15, 0.2) is 60.1 Å². The van der Waals surface area contributed by atoms with Crippen molar-refractivity contribution in [1.29, 1.82) is 5.26 Å². The quantitative estimate of drug-likeness (QED) is 0.535. The second-order valence-electron chi connectivity index (χ2n) is 7.50. The minimum absolute atomic E-state index is 0. The molecule has 0 saturated carbocycles. The van der Waals surface area contributed by atoms with Crippen LogP contribution in [0.3, 0.4) is 0 Å². The molecule has 0 radical (unpaired) electrons. The fraction of sp³-hybridized carbons (Fsp3) is 0.304. The first-order valence-corrected chi connectivity index (χ1v) is 11.4. The first-order chi connectivity index (χ1) is 15.2. The number of nitriles is 1. The fourth-order valence-corrected chi connectivity index (χ4v) is 4.31. The van der Waals surface area contributed by atoms with E-state index in [1.807, 2.05) is 60.1 Å². The minimum atomic E-state index is 0. The molecule has 1 amide bonds.